The number of aromatic nitrogens is 3. The molecule has 2 rings (SSSR count). The molecule has 0 radical (unpaired) electrons. The molecule has 1 saturated heterocycles. The van der Waals surface area contributed by atoms with Crippen molar-refractivity contribution in [3.8, 4) is 0 Å². The fraction of sp³-hybridized carbons (Fsp3) is 0.615. The highest BCUT2D eigenvalue weighted by atomic mass is 16.6. The van der Waals surface area contributed by atoms with E-state index in [0.717, 1.165) is 11.4 Å². The van der Waals surface area contributed by atoms with Crippen LogP contribution in [0.2, 0.25) is 0 Å². The van der Waals surface area contributed by atoms with Crippen molar-refractivity contribution in [1.82, 2.24) is 14.9 Å². The van der Waals surface area contributed by atoms with Gasteiger partial charge in [0, 0.05) is 0 Å². The van der Waals surface area contributed by atoms with Crippen LogP contribution in [0, 0.1) is 0 Å². The van der Waals surface area contributed by atoms with E-state index in [1.807, 2.05) is 13.8 Å². The molecule has 1 N–H and O–H groups in total. The second-order valence-corrected chi connectivity index (χ2v) is 5.59. The normalized spacial score (nSPS) is 29.4. The number of amides is 1. The molecule has 1 aliphatic rings. The van der Waals surface area contributed by atoms with Gasteiger partial charge in [0.2, 0.25) is 5.72 Å². The SMILES string of the molecule is CC(C)=CCC[C@@]1(C)OC(=O)N(n2cnnc2)[C@]1(C)O. The average Bonchev–Trinajstić information content (AvgIpc) is 2.85. The van der Waals surface area contributed by atoms with E-state index in [4.69, 9.17) is 4.74 Å². The lowest BCUT2D eigenvalue weighted by molar-refractivity contribution is -0.0941. The lowest BCUT2D eigenvalue weighted by Gasteiger charge is -2.36. The van der Waals surface area contributed by atoms with Crippen LogP contribution in [0.5, 0.6) is 0 Å². The van der Waals surface area contributed by atoms with Crippen molar-refractivity contribution in [2.24, 2.45) is 0 Å². The molecule has 1 aliphatic heterocycles. The molecule has 0 saturated carbocycles. The summed E-state index contributed by atoms with van der Waals surface area (Å²) in [6.45, 7) is 7.30. The number of aliphatic hydroxyl groups is 1. The Bertz CT molecular complexity index is 520. The zero-order chi connectivity index (χ0) is 15.0. The van der Waals surface area contributed by atoms with E-state index in [0.29, 0.717) is 6.42 Å². The molecule has 2 heterocycles. The molecule has 1 aromatic rings. The number of nitrogens with zero attached hydrogens (tertiary/aromatic N) is 4. The predicted octanol–water partition coefficient (Wildman–Crippen LogP) is 1.58. The first-order valence-corrected chi connectivity index (χ1v) is 6.52. The van der Waals surface area contributed by atoms with Gasteiger partial charge in [-0.1, -0.05) is 11.6 Å². The molecule has 0 spiro atoms. The second-order valence-electron chi connectivity index (χ2n) is 5.59. The summed E-state index contributed by atoms with van der Waals surface area (Å²) in [6.07, 6.45) is 5.37. The van der Waals surface area contributed by atoms with Gasteiger partial charge < -0.3 is 9.84 Å². The molecule has 20 heavy (non-hydrogen) atoms. The maximum Gasteiger partial charge on any atom is 0.432 e. The van der Waals surface area contributed by atoms with Gasteiger partial charge in [-0.15, -0.1) is 10.2 Å². The molecule has 2 atom stereocenters. The van der Waals surface area contributed by atoms with Crippen LogP contribution in [0.4, 0.5) is 4.79 Å². The molecule has 7 heteroatoms. The highest BCUT2D eigenvalue weighted by Crippen LogP contribution is 2.39. The van der Waals surface area contributed by atoms with Crippen LogP contribution in [0.1, 0.15) is 40.5 Å². The molecule has 7 nitrogen and oxygen atoms in total. The molecule has 0 aromatic carbocycles. The second kappa shape index (κ2) is 4.90. The summed E-state index contributed by atoms with van der Waals surface area (Å²) in [7, 11) is 0. The van der Waals surface area contributed by atoms with Gasteiger partial charge in [0.15, 0.2) is 5.60 Å². The molecule has 1 aromatic heterocycles. The van der Waals surface area contributed by atoms with E-state index in [9.17, 15) is 9.90 Å². The summed E-state index contributed by atoms with van der Waals surface area (Å²) in [5.41, 5.74) is -1.30. The van der Waals surface area contributed by atoms with Gasteiger partial charge in [-0.2, -0.15) is 5.01 Å². The molecular formula is C13H20N4O3. The Morgan fingerprint density at radius 2 is 2.00 bits per heavy atom. The number of allylic oxidation sites excluding steroid dienone is 2. The predicted molar refractivity (Wildman–Crippen MR) is 72.4 cm³/mol. The maximum absolute atomic E-state index is 12.1. The van der Waals surface area contributed by atoms with E-state index in [-0.39, 0.29) is 0 Å². The summed E-state index contributed by atoms with van der Waals surface area (Å²) in [4.78, 5) is 12.1. The molecular weight excluding hydrogens is 260 g/mol. The minimum absolute atomic E-state index is 0.523. The first-order chi connectivity index (χ1) is 9.28. The summed E-state index contributed by atoms with van der Waals surface area (Å²) < 4.78 is 6.74. The molecule has 0 unspecified atom stereocenters. The largest absolute Gasteiger partial charge is 0.437 e. The number of cyclic esters (lactones) is 1. The number of hydrogen-bond donors (Lipinski definition) is 1. The molecule has 110 valence electrons. The van der Waals surface area contributed by atoms with Crippen molar-refractivity contribution in [3.63, 3.8) is 0 Å². The highest BCUT2D eigenvalue weighted by molar-refractivity contribution is 5.83. The summed E-state index contributed by atoms with van der Waals surface area (Å²) in [5, 5.41) is 19.2. The van der Waals surface area contributed by atoms with E-state index in [1.165, 1.54) is 22.9 Å². The van der Waals surface area contributed by atoms with E-state index in [2.05, 4.69) is 16.3 Å². The van der Waals surface area contributed by atoms with Crippen molar-refractivity contribution in [3.05, 3.63) is 24.3 Å². The van der Waals surface area contributed by atoms with Crippen molar-refractivity contribution < 1.29 is 14.6 Å². The minimum atomic E-state index is -1.48. The van der Waals surface area contributed by atoms with E-state index < -0.39 is 17.4 Å². The summed E-state index contributed by atoms with van der Waals surface area (Å²) in [5.74, 6) is 0. The van der Waals surface area contributed by atoms with Gasteiger partial charge in [0.05, 0.1) is 0 Å². The summed E-state index contributed by atoms with van der Waals surface area (Å²) >= 11 is 0. The Hall–Kier alpha value is -1.89. The number of carbonyl (C=O) groups excluding carboxylic acids is 1. The van der Waals surface area contributed by atoms with E-state index >= 15 is 0 Å². The van der Waals surface area contributed by atoms with Gasteiger partial charge in [0.25, 0.3) is 0 Å². The van der Waals surface area contributed by atoms with Crippen molar-refractivity contribution >= 4 is 6.09 Å². The third-order valence-corrected chi connectivity index (χ3v) is 3.71. The average molecular weight is 280 g/mol. The number of carbonyl (C=O) groups is 1. The zero-order valence-electron chi connectivity index (χ0n) is 12.2. The fourth-order valence-corrected chi connectivity index (χ4v) is 2.28. The molecule has 1 amide bonds. The maximum atomic E-state index is 12.1. The molecule has 0 aliphatic carbocycles. The Labute approximate surface area is 117 Å². The zero-order valence-corrected chi connectivity index (χ0v) is 12.2. The Kier molecular flexibility index (Phi) is 3.56. The van der Waals surface area contributed by atoms with Crippen LogP contribution in [0.3, 0.4) is 0 Å². The van der Waals surface area contributed by atoms with Crippen molar-refractivity contribution in [1.29, 1.82) is 0 Å². The van der Waals surface area contributed by atoms with Gasteiger partial charge in [-0.3, -0.25) is 0 Å². The summed E-state index contributed by atoms with van der Waals surface area (Å²) in [6, 6.07) is 0. The Balaban J connectivity index is 2.24. The van der Waals surface area contributed by atoms with Gasteiger partial charge in [-0.05, 0) is 40.5 Å². The molecule has 0 bridgehead atoms. The monoisotopic (exact) mass is 280 g/mol. The number of rotatable bonds is 4. The van der Waals surface area contributed by atoms with Crippen LogP contribution in [-0.4, -0.2) is 37.4 Å². The molecule has 1 fully saturated rings. The minimum Gasteiger partial charge on any atom is -0.437 e. The van der Waals surface area contributed by atoms with Gasteiger partial charge in [-0.25, -0.2) is 9.47 Å². The van der Waals surface area contributed by atoms with Gasteiger partial charge >= 0.3 is 6.09 Å². The first kappa shape index (κ1) is 14.5. The fourth-order valence-electron chi connectivity index (χ4n) is 2.28. The number of hydrogen-bond acceptors (Lipinski definition) is 5. The van der Waals surface area contributed by atoms with Crippen molar-refractivity contribution in [2.45, 2.75) is 51.9 Å². The first-order valence-electron chi connectivity index (χ1n) is 6.52. The van der Waals surface area contributed by atoms with Crippen LogP contribution in [-0.2, 0) is 4.74 Å². The van der Waals surface area contributed by atoms with Crippen molar-refractivity contribution in [2.75, 3.05) is 5.01 Å². The third kappa shape index (κ3) is 2.29. The van der Waals surface area contributed by atoms with Crippen LogP contribution >= 0.6 is 0 Å². The smallest absolute Gasteiger partial charge is 0.432 e. The Morgan fingerprint density at radius 3 is 2.55 bits per heavy atom. The Morgan fingerprint density at radius 1 is 1.40 bits per heavy atom. The lowest BCUT2D eigenvalue weighted by atomic mass is 9.89. The standard InChI is InChI=1S/C13H20N4O3/c1-10(2)6-5-7-12(3)13(4,19)17(11(18)20-12)16-8-14-15-9-16/h6,8-9,19H,5,7H2,1-4H3/t12-,13-/m1/s1. The van der Waals surface area contributed by atoms with Crippen LogP contribution < -0.4 is 5.01 Å². The van der Waals surface area contributed by atoms with Gasteiger partial charge in [0.1, 0.15) is 12.7 Å². The topological polar surface area (TPSA) is 80.5 Å². The van der Waals surface area contributed by atoms with Crippen LogP contribution in [0.25, 0.3) is 0 Å². The highest BCUT2D eigenvalue weighted by Gasteiger charge is 2.60. The number of ether oxygens (including phenoxy) is 1. The van der Waals surface area contributed by atoms with Crippen LogP contribution in [0.15, 0.2) is 24.3 Å². The lowest BCUT2D eigenvalue weighted by Crippen LogP contribution is -2.58. The van der Waals surface area contributed by atoms with E-state index in [1.54, 1.807) is 13.8 Å². The third-order valence-electron chi connectivity index (χ3n) is 3.71. The quantitative estimate of drug-likeness (QED) is 0.847.